The van der Waals surface area contributed by atoms with Crippen LogP contribution in [-0.2, 0) is 11.8 Å². The molecule has 1 rings (SSSR count). The Kier molecular flexibility index (Phi) is 19.3. The van der Waals surface area contributed by atoms with E-state index in [0.717, 1.165) is 42.1 Å². The van der Waals surface area contributed by atoms with E-state index in [1.807, 2.05) is 12.1 Å². The topological polar surface area (TPSA) is 18.5 Å². The Labute approximate surface area is 208 Å². The molecule has 2 nitrogen and oxygen atoms in total. The number of unbranched alkanes of at least 4 members (excludes halogenated alkanes) is 14. The summed E-state index contributed by atoms with van der Waals surface area (Å²) in [5, 5.41) is 0. The van der Waals surface area contributed by atoms with Crippen LogP contribution in [0.1, 0.15) is 128 Å². The molecular weight excluding hydrogens is 439 g/mol. The van der Waals surface area contributed by atoms with Crippen LogP contribution >= 0.6 is 23.2 Å². The minimum absolute atomic E-state index is 0.393. The number of rotatable bonds is 22. The zero-order chi connectivity index (χ0) is 23.3. The zero-order valence-corrected chi connectivity index (χ0v) is 22.4. The molecule has 0 heterocycles. The highest BCUT2D eigenvalue weighted by Crippen LogP contribution is 2.36. The molecule has 0 bridgehead atoms. The maximum atomic E-state index is 6.27. The van der Waals surface area contributed by atoms with Gasteiger partial charge in [0.05, 0.1) is 19.1 Å². The summed E-state index contributed by atoms with van der Waals surface area (Å²) in [4.78, 5) is 0. The number of alkyl halides is 2. The second-order valence-electron chi connectivity index (χ2n) is 8.94. The quantitative estimate of drug-likeness (QED) is 0.120. The van der Waals surface area contributed by atoms with Crippen LogP contribution in [0.2, 0.25) is 0 Å². The van der Waals surface area contributed by atoms with Gasteiger partial charge in [0.15, 0.2) is 11.5 Å². The summed E-state index contributed by atoms with van der Waals surface area (Å²) in [6.45, 7) is 5.96. The minimum Gasteiger partial charge on any atom is -0.490 e. The number of ether oxygens (including phenoxy) is 2. The Morgan fingerprint density at radius 1 is 0.562 bits per heavy atom. The van der Waals surface area contributed by atoms with Crippen molar-refractivity contribution in [3.8, 4) is 11.5 Å². The lowest BCUT2D eigenvalue weighted by atomic mass is 10.1. The molecule has 0 unspecified atom stereocenters. The Hall–Kier alpha value is -0.600. The fourth-order valence-electron chi connectivity index (χ4n) is 4.02. The molecule has 0 spiro atoms. The van der Waals surface area contributed by atoms with Gasteiger partial charge in [0.1, 0.15) is 0 Å². The largest absolute Gasteiger partial charge is 0.490 e. The van der Waals surface area contributed by atoms with Gasteiger partial charge in [-0.3, -0.25) is 0 Å². The Balaban J connectivity index is 2.41. The van der Waals surface area contributed by atoms with Gasteiger partial charge in [-0.1, -0.05) is 110 Å². The SMILES string of the molecule is CCCCCCCCCCOc1ccc(CCl)c(CCl)c1OCCCCCCCCCC. The third-order valence-corrected chi connectivity index (χ3v) is 6.65. The van der Waals surface area contributed by atoms with Gasteiger partial charge in [-0.2, -0.15) is 0 Å². The average Bonchev–Trinajstić information content (AvgIpc) is 2.82. The van der Waals surface area contributed by atoms with Gasteiger partial charge in [0.25, 0.3) is 0 Å². The predicted octanol–water partition coefficient (Wildman–Crippen LogP) is 10.2. The second kappa shape index (κ2) is 21.0. The summed E-state index contributed by atoms with van der Waals surface area (Å²) in [5.41, 5.74) is 2.02. The number of benzene rings is 1. The second-order valence-corrected chi connectivity index (χ2v) is 9.48. The number of hydrogen-bond donors (Lipinski definition) is 0. The van der Waals surface area contributed by atoms with Crippen LogP contribution in [0.3, 0.4) is 0 Å². The Bertz CT molecular complexity index is 563. The maximum absolute atomic E-state index is 6.27. The van der Waals surface area contributed by atoms with E-state index in [2.05, 4.69) is 13.8 Å². The molecule has 0 aliphatic rings. The first kappa shape index (κ1) is 29.4. The molecule has 0 aliphatic carbocycles. The molecule has 186 valence electrons. The van der Waals surface area contributed by atoms with E-state index in [-0.39, 0.29) is 0 Å². The molecule has 0 aromatic heterocycles. The van der Waals surface area contributed by atoms with E-state index >= 15 is 0 Å². The van der Waals surface area contributed by atoms with Crippen LogP contribution in [0.15, 0.2) is 12.1 Å². The first-order valence-corrected chi connectivity index (χ1v) is 14.4. The molecular formula is C28H48Cl2O2. The van der Waals surface area contributed by atoms with E-state index < -0.39 is 0 Å². The molecule has 4 heteroatoms. The average molecular weight is 488 g/mol. The highest BCUT2D eigenvalue weighted by molar-refractivity contribution is 6.19. The van der Waals surface area contributed by atoms with Crippen LogP contribution in [-0.4, -0.2) is 13.2 Å². The van der Waals surface area contributed by atoms with E-state index in [1.54, 1.807) is 0 Å². The van der Waals surface area contributed by atoms with Gasteiger partial charge in [-0.15, -0.1) is 23.2 Å². The van der Waals surface area contributed by atoms with Gasteiger partial charge in [-0.25, -0.2) is 0 Å². The molecule has 0 saturated carbocycles. The van der Waals surface area contributed by atoms with Crippen molar-refractivity contribution in [2.24, 2.45) is 0 Å². The fourth-order valence-corrected chi connectivity index (χ4v) is 4.56. The summed E-state index contributed by atoms with van der Waals surface area (Å²) >= 11 is 12.4. The molecule has 0 saturated heterocycles. The van der Waals surface area contributed by atoms with Crippen molar-refractivity contribution in [3.05, 3.63) is 23.3 Å². The van der Waals surface area contributed by atoms with Crippen molar-refractivity contribution in [3.63, 3.8) is 0 Å². The summed E-state index contributed by atoms with van der Waals surface area (Å²) < 4.78 is 12.3. The molecule has 0 atom stereocenters. The third-order valence-electron chi connectivity index (χ3n) is 6.10. The lowest BCUT2D eigenvalue weighted by molar-refractivity contribution is 0.256. The molecule has 0 aliphatic heterocycles. The molecule has 32 heavy (non-hydrogen) atoms. The van der Waals surface area contributed by atoms with Crippen molar-refractivity contribution in [1.29, 1.82) is 0 Å². The molecule has 1 aromatic rings. The van der Waals surface area contributed by atoms with E-state index in [1.165, 1.54) is 89.9 Å². The van der Waals surface area contributed by atoms with Crippen LogP contribution < -0.4 is 9.47 Å². The molecule has 0 radical (unpaired) electrons. The highest BCUT2D eigenvalue weighted by atomic mass is 35.5. The van der Waals surface area contributed by atoms with E-state index in [0.29, 0.717) is 18.4 Å². The van der Waals surface area contributed by atoms with Crippen molar-refractivity contribution in [1.82, 2.24) is 0 Å². The van der Waals surface area contributed by atoms with Gasteiger partial charge < -0.3 is 9.47 Å². The normalized spacial score (nSPS) is 11.1. The highest BCUT2D eigenvalue weighted by Gasteiger charge is 2.15. The molecule has 1 aromatic carbocycles. The smallest absolute Gasteiger partial charge is 0.165 e. The maximum Gasteiger partial charge on any atom is 0.165 e. The predicted molar refractivity (Wildman–Crippen MR) is 142 cm³/mol. The molecule has 0 amide bonds. The first-order valence-electron chi connectivity index (χ1n) is 13.3. The third kappa shape index (κ3) is 13.2. The van der Waals surface area contributed by atoms with Crippen LogP contribution in [0, 0.1) is 0 Å². The lowest BCUT2D eigenvalue weighted by Crippen LogP contribution is -2.06. The van der Waals surface area contributed by atoms with Gasteiger partial charge in [0.2, 0.25) is 0 Å². The Morgan fingerprint density at radius 2 is 1.03 bits per heavy atom. The standard InChI is InChI=1S/C28H48Cl2O2/c1-3-5-7-9-11-13-15-17-21-31-27-20-19-25(23-29)26(24-30)28(27)32-22-18-16-14-12-10-8-6-4-2/h19-20H,3-18,21-24H2,1-2H3. The zero-order valence-electron chi connectivity index (χ0n) is 20.9. The lowest BCUT2D eigenvalue weighted by Gasteiger charge is -2.18. The summed E-state index contributed by atoms with van der Waals surface area (Å²) in [5.74, 6) is 2.45. The van der Waals surface area contributed by atoms with E-state index in [4.69, 9.17) is 32.7 Å². The van der Waals surface area contributed by atoms with Crippen molar-refractivity contribution in [2.45, 2.75) is 128 Å². The molecule has 0 fully saturated rings. The van der Waals surface area contributed by atoms with E-state index in [9.17, 15) is 0 Å². The van der Waals surface area contributed by atoms with Gasteiger partial charge in [-0.05, 0) is 24.5 Å². The van der Waals surface area contributed by atoms with Crippen LogP contribution in [0.25, 0.3) is 0 Å². The summed E-state index contributed by atoms with van der Waals surface area (Å²) in [7, 11) is 0. The fraction of sp³-hybridized carbons (Fsp3) is 0.786. The van der Waals surface area contributed by atoms with Crippen molar-refractivity contribution in [2.75, 3.05) is 13.2 Å². The van der Waals surface area contributed by atoms with Crippen LogP contribution in [0.4, 0.5) is 0 Å². The summed E-state index contributed by atoms with van der Waals surface area (Å²) in [6.07, 6.45) is 20.7. The van der Waals surface area contributed by atoms with Crippen molar-refractivity contribution < 1.29 is 9.47 Å². The van der Waals surface area contributed by atoms with Gasteiger partial charge >= 0.3 is 0 Å². The Morgan fingerprint density at radius 3 is 1.50 bits per heavy atom. The number of halogens is 2. The first-order chi connectivity index (χ1) is 15.8. The summed E-state index contributed by atoms with van der Waals surface area (Å²) in [6, 6.07) is 4.03. The minimum atomic E-state index is 0.393. The van der Waals surface area contributed by atoms with Crippen molar-refractivity contribution >= 4 is 23.2 Å². The number of hydrogen-bond acceptors (Lipinski definition) is 2. The molecule has 0 N–H and O–H groups in total. The van der Waals surface area contributed by atoms with Gasteiger partial charge in [0, 0.05) is 11.4 Å². The van der Waals surface area contributed by atoms with Crippen LogP contribution in [0.5, 0.6) is 11.5 Å². The monoisotopic (exact) mass is 486 g/mol.